The van der Waals surface area contributed by atoms with Gasteiger partial charge in [-0.25, -0.2) is 4.39 Å². The largest absolute Gasteiger partial charge is 0.496 e. The summed E-state index contributed by atoms with van der Waals surface area (Å²) >= 11 is 0. The topological polar surface area (TPSA) is 42.4 Å². The highest BCUT2D eigenvalue weighted by atomic mass is 19.1. The number of benzene rings is 1. The smallest absolute Gasteiger partial charge is 0.125 e. The Kier molecular flexibility index (Phi) is 3.58. The predicted molar refractivity (Wildman–Crippen MR) is 66.0 cm³/mol. The van der Waals surface area contributed by atoms with Crippen molar-refractivity contribution >= 4 is 0 Å². The zero-order chi connectivity index (χ0) is 13.1. The summed E-state index contributed by atoms with van der Waals surface area (Å²) in [7, 11) is 1.48. The van der Waals surface area contributed by atoms with Crippen LogP contribution >= 0.6 is 0 Å². The molecule has 0 saturated heterocycles. The average molecular weight is 247 g/mol. The number of halogens is 1. The van der Waals surface area contributed by atoms with Gasteiger partial charge in [0.2, 0.25) is 0 Å². The van der Waals surface area contributed by atoms with Crippen LogP contribution in [0.1, 0.15) is 22.9 Å². The van der Waals surface area contributed by atoms with E-state index in [1.54, 1.807) is 12.3 Å². The zero-order valence-electron chi connectivity index (χ0n) is 10.2. The zero-order valence-corrected chi connectivity index (χ0v) is 10.2. The Morgan fingerprint density at radius 1 is 1.28 bits per heavy atom. The van der Waals surface area contributed by atoms with Crippen LogP contribution < -0.4 is 4.74 Å². The molecule has 0 aliphatic carbocycles. The second-order valence-corrected chi connectivity index (χ2v) is 4.05. The van der Waals surface area contributed by atoms with Gasteiger partial charge in [-0.15, -0.1) is 0 Å². The fourth-order valence-electron chi connectivity index (χ4n) is 1.72. The Morgan fingerprint density at radius 2 is 2.06 bits per heavy atom. The summed E-state index contributed by atoms with van der Waals surface area (Å²) in [4.78, 5) is 4.13. The first-order chi connectivity index (χ1) is 8.61. The van der Waals surface area contributed by atoms with E-state index < -0.39 is 11.9 Å². The van der Waals surface area contributed by atoms with Crippen molar-refractivity contribution in [1.29, 1.82) is 0 Å². The van der Waals surface area contributed by atoms with Gasteiger partial charge in [0.15, 0.2) is 0 Å². The number of ether oxygens (including phenoxy) is 1. The van der Waals surface area contributed by atoms with Gasteiger partial charge < -0.3 is 9.84 Å². The van der Waals surface area contributed by atoms with Crippen LogP contribution in [0.5, 0.6) is 5.75 Å². The summed E-state index contributed by atoms with van der Waals surface area (Å²) in [5, 5.41) is 10.2. The Labute approximate surface area is 105 Å². The van der Waals surface area contributed by atoms with Crippen LogP contribution in [0.25, 0.3) is 0 Å². The summed E-state index contributed by atoms with van der Waals surface area (Å²) in [6.07, 6.45) is 0.654. The van der Waals surface area contributed by atoms with Gasteiger partial charge in [0.25, 0.3) is 0 Å². The van der Waals surface area contributed by atoms with Crippen molar-refractivity contribution in [2.45, 2.75) is 13.0 Å². The molecule has 0 saturated carbocycles. The molecule has 0 fully saturated rings. The molecule has 0 spiro atoms. The minimum atomic E-state index is -1.00. The molecule has 2 aromatic rings. The molecule has 0 amide bonds. The maximum atomic E-state index is 13.2. The minimum Gasteiger partial charge on any atom is -0.496 e. The van der Waals surface area contributed by atoms with Crippen LogP contribution in [-0.4, -0.2) is 17.2 Å². The number of rotatable bonds is 3. The van der Waals surface area contributed by atoms with Gasteiger partial charge >= 0.3 is 0 Å². The first-order valence-electron chi connectivity index (χ1n) is 5.56. The third-order valence-corrected chi connectivity index (χ3v) is 2.70. The maximum Gasteiger partial charge on any atom is 0.125 e. The molecule has 1 atom stereocenters. The van der Waals surface area contributed by atoms with E-state index in [9.17, 15) is 9.50 Å². The Bertz CT molecular complexity index is 540. The molecular weight excluding hydrogens is 233 g/mol. The highest BCUT2D eigenvalue weighted by molar-refractivity contribution is 5.39. The fourth-order valence-corrected chi connectivity index (χ4v) is 1.72. The molecule has 0 aliphatic rings. The predicted octanol–water partition coefficient (Wildman–Crippen LogP) is 2.62. The summed E-state index contributed by atoms with van der Waals surface area (Å²) in [6.45, 7) is 1.91. The molecule has 4 heteroatoms. The number of aryl methyl sites for hydroxylation is 1. The van der Waals surface area contributed by atoms with E-state index in [0.717, 1.165) is 5.56 Å². The molecule has 18 heavy (non-hydrogen) atoms. The second-order valence-electron chi connectivity index (χ2n) is 4.05. The van der Waals surface area contributed by atoms with Crippen molar-refractivity contribution in [3.8, 4) is 5.75 Å². The number of hydrogen-bond acceptors (Lipinski definition) is 3. The van der Waals surface area contributed by atoms with Crippen LogP contribution in [0.4, 0.5) is 4.39 Å². The molecule has 3 nitrogen and oxygen atoms in total. The molecule has 1 aromatic carbocycles. The van der Waals surface area contributed by atoms with E-state index >= 15 is 0 Å². The molecular formula is C14H14FNO2. The molecule has 1 aromatic heterocycles. The summed E-state index contributed by atoms with van der Waals surface area (Å²) in [6, 6.07) is 7.59. The van der Waals surface area contributed by atoms with Gasteiger partial charge in [-0.05, 0) is 36.8 Å². The molecule has 1 unspecified atom stereocenters. The lowest BCUT2D eigenvalue weighted by molar-refractivity contribution is 0.209. The minimum absolute atomic E-state index is 0.369. The number of hydrogen-bond donors (Lipinski definition) is 1. The third-order valence-electron chi connectivity index (χ3n) is 2.70. The van der Waals surface area contributed by atoms with E-state index in [1.807, 2.05) is 13.0 Å². The van der Waals surface area contributed by atoms with Crippen molar-refractivity contribution in [3.63, 3.8) is 0 Å². The quantitative estimate of drug-likeness (QED) is 0.906. The molecule has 1 N–H and O–H groups in total. The number of aromatic nitrogens is 1. The van der Waals surface area contributed by atoms with Crippen LogP contribution in [0.3, 0.4) is 0 Å². The van der Waals surface area contributed by atoms with E-state index in [2.05, 4.69) is 4.98 Å². The van der Waals surface area contributed by atoms with Gasteiger partial charge in [-0.3, -0.25) is 4.98 Å². The van der Waals surface area contributed by atoms with Crippen molar-refractivity contribution in [2.24, 2.45) is 0 Å². The van der Waals surface area contributed by atoms with Crippen LogP contribution in [0.2, 0.25) is 0 Å². The van der Waals surface area contributed by atoms with Gasteiger partial charge in [-0.2, -0.15) is 0 Å². The highest BCUT2D eigenvalue weighted by Crippen LogP contribution is 2.29. The molecule has 94 valence electrons. The molecule has 1 heterocycles. The second kappa shape index (κ2) is 5.14. The SMILES string of the molecule is COc1ccc(F)cc1C(O)c1ccc(C)cn1. The first kappa shape index (κ1) is 12.5. The standard InChI is InChI=1S/C14H14FNO2/c1-9-3-5-12(16-8-9)14(17)11-7-10(15)4-6-13(11)18-2/h3-8,14,17H,1-2H3. The summed E-state index contributed by atoms with van der Waals surface area (Å²) in [5.41, 5.74) is 1.83. The van der Waals surface area contributed by atoms with Crippen molar-refractivity contribution < 1.29 is 14.2 Å². The van der Waals surface area contributed by atoms with Crippen molar-refractivity contribution in [3.05, 3.63) is 59.2 Å². The molecule has 2 rings (SSSR count). The lowest BCUT2D eigenvalue weighted by Gasteiger charge is -2.14. The van der Waals surface area contributed by atoms with E-state index in [-0.39, 0.29) is 0 Å². The van der Waals surface area contributed by atoms with E-state index in [4.69, 9.17) is 4.74 Å². The van der Waals surface area contributed by atoms with Crippen molar-refractivity contribution in [1.82, 2.24) is 4.98 Å². The molecule has 0 radical (unpaired) electrons. The van der Waals surface area contributed by atoms with Gasteiger partial charge in [0.1, 0.15) is 17.7 Å². The number of methoxy groups -OCH3 is 1. The highest BCUT2D eigenvalue weighted by Gasteiger charge is 2.17. The lowest BCUT2D eigenvalue weighted by atomic mass is 10.0. The van der Waals surface area contributed by atoms with Gasteiger partial charge in [-0.1, -0.05) is 6.07 Å². The monoisotopic (exact) mass is 247 g/mol. The van der Waals surface area contributed by atoms with Crippen LogP contribution in [0.15, 0.2) is 36.5 Å². The van der Waals surface area contributed by atoms with Crippen molar-refractivity contribution in [2.75, 3.05) is 7.11 Å². The number of aliphatic hydroxyl groups is 1. The Morgan fingerprint density at radius 3 is 2.67 bits per heavy atom. The fraction of sp³-hybridized carbons (Fsp3) is 0.214. The number of aliphatic hydroxyl groups excluding tert-OH is 1. The van der Waals surface area contributed by atoms with Gasteiger partial charge in [0.05, 0.1) is 12.8 Å². The van der Waals surface area contributed by atoms with Gasteiger partial charge in [0, 0.05) is 11.8 Å². The number of pyridine rings is 1. The van der Waals surface area contributed by atoms with Crippen LogP contribution in [-0.2, 0) is 0 Å². The molecule has 0 aliphatic heterocycles. The Hall–Kier alpha value is -1.94. The summed E-state index contributed by atoms with van der Waals surface area (Å²) < 4.78 is 18.3. The van der Waals surface area contributed by atoms with E-state index in [0.29, 0.717) is 17.0 Å². The van der Waals surface area contributed by atoms with E-state index in [1.165, 1.54) is 25.3 Å². The Balaban J connectivity index is 2.41. The number of nitrogens with zero attached hydrogens (tertiary/aromatic N) is 1. The van der Waals surface area contributed by atoms with Crippen LogP contribution in [0, 0.1) is 12.7 Å². The maximum absolute atomic E-state index is 13.2. The lowest BCUT2D eigenvalue weighted by Crippen LogP contribution is -2.05. The third kappa shape index (κ3) is 2.49. The average Bonchev–Trinajstić information content (AvgIpc) is 2.39. The summed E-state index contributed by atoms with van der Waals surface area (Å²) in [5.74, 6) is 0.0169. The normalized spacial score (nSPS) is 12.2. The molecule has 0 bridgehead atoms. The first-order valence-corrected chi connectivity index (χ1v) is 5.56.